The van der Waals surface area contributed by atoms with Gasteiger partial charge in [0.1, 0.15) is 0 Å². The molecule has 2 aromatic rings. The van der Waals surface area contributed by atoms with Gasteiger partial charge in [-0.15, -0.1) is 11.3 Å². The second kappa shape index (κ2) is 4.55. The molecule has 1 N–H and O–H groups in total. The molecule has 1 unspecified atom stereocenters. The lowest BCUT2D eigenvalue weighted by atomic mass is 10.1. The van der Waals surface area contributed by atoms with Crippen LogP contribution in [0, 0.1) is 6.92 Å². The first-order chi connectivity index (χ1) is 7.31. The quantitative estimate of drug-likeness (QED) is 0.857. The summed E-state index contributed by atoms with van der Waals surface area (Å²) in [5.74, 6) is 0. The van der Waals surface area contributed by atoms with Crippen LogP contribution in [0.2, 0.25) is 0 Å². The van der Waals surface area contributed by atoms with Gasteiger partial charge >= 0.3 is 0 Å². The molecule has 0 aliphatic carbocycles. The molecule has 2 heterocycles. The molecule has 0 aliphatic rings. The fraction of sp³-hybridized carbons (Fsp3) is 0.250. The van der Waals surface area contributed by atoms with E-state index < -0.39 is 0 Å². The van der Waals surface area contributed by atoms with Gasteiger partial charge in [-0.05, 0) is 43.8 Å². The van der Waals surface area contributed by atoms with Gasteiger partial charge in [0.05, 0.1) is 6.04 Å². The Hall–Kier alpha value is -1.19. The Balaban J connectivity index is 2.33. The second-order valence-corrected chi connectivity index (χ2v) is 4.77. The van der Waals surface area contributed by atoms with E-state index in [1.54, 1.807) is 0 Å². The minimum absolute atomic E-state index is 0.284. The number of pyridine rings is 1. The third-order valence-electron chi connectivity index (χ3n) is 2.37. The van der Waals surface area contributed by atoms with E-state index in [1.165, 1.54) is 15.3 Å². The molecule has 3 heteroatoms. The minimum Gasteiger partial charge on any atom is -0.309 e. The molecule has 0 saturated carbocycles. The summed E-state index contributed by atoms with van der Waals surface area (Å²) >= 11 is 1.83. The number of nitrogens with zero attached hydrogens (tertiary/aromatic N) is 1. The lowest BCUT2D eigenvalue weighted by Gasteiger charge is -2.14. The van der Waals surface area contributed by atoms with E-state index in [9.17, 15) is 0 Å². The molecular weight excluding hydrogens is 204 g/mol. The zero-order chi connectivity index (χ0) is 10.7. The first-order valence-electron chi connectivity index (χ1n) is 4.95. The lowest BCUT2D eigenvalue weighted by Crippen LogP contribution is -2.16. The predicted molar refractivity (Wildman–Crippen MR) is 64.2 cm³/mol. The molecule has 0 spiro atoms. The van der Waals surface area contributed by atoms with Crippen LogP contribution in [0.4, 0.5) is 0 Å². The van der Waals surface area contributed by atoms with Gasteiger partial charge in [-0.3, -0.25) is 4.98 Å². The molecule has 0 radical (unpaired) electrons. The monoisotopic (exact) mass is 218 g/mol. The number of aromatic nitrogens is 1. The van der Waals surface area contributed by atoms with Crippen LogP contribution in [0.5, 0.6) is 0 Å². The third-order valence-corrected chi connectivity index (χ3v) is 3.44. The van der Waals surface area contributed by atoms with Crippen LogP contribution in [0.1, 0.15) is 21.4 Å². The molecule has 0 amide bonds. The van der Waals surface area contributed by atoms with Gasteiger partial charge in [0.2, 0.25) is 0 Å². The van der Waals surface area contributed by atoms with Crippen LogP contribution in [-0.2, 0) is 0 Å². The lowest BCUT2D eigenvalue weighted by molar-refractivity contribution is 0.703. The van der Waals surface area contributed by atoms with E-state index in [-0.39, 0.29) is 6.04 Å². The minimum atomic E-state index is 0.284. The number of rotatable bonds is 3. The maximum Gasteiger partial charge on any atom is 0.0669 e. The summed E-state index contributed by atoms with van der Waals surface area (Å²) < 4.78 is 0. The van der Waals surface area contributed by atoms with Crippen molar-refractivity contribution in [2.75, 3.05) is 7.05 Å². The standard InChI is InChI=1S/C12H14N2S/c1-9-3-4-11(15-9)12(13-2)10-5-7-14-8-6-10/h3-8,12-13H,1-2H3. The summed E-state index contributed by atoms with van der Waals surface area (Å²) in [5.41, 5.74) is 1.26. The van der Waals surface area contributed by atoms with Gasteiger partial charge in [-0.25, -0.2) is 0 Å². The van der Waals surface area contributed by atoms with Crippen molar-refractivity contribution >= 4 is 11.3 Å². The van der Waals surface area contributed by atoms with Crippen LogP contribution >= 0.6 is 11.3 Å². The first kappa shape index (κ1) is 10.3. The Morgan fingerprint density at radius 1 is 1.20 bits per heavy atom. The van der Waals surface area contributed by atoms with E-state index >= 15 is 0 Å². The summed E-state index contributed by atoms with van der Waals surface area (Å²) in [6.07, 6.45) is 3.67. The van der Waals surface area contributed by atoms with Crippen molar-refractivity contribution < 1.29 is 0 Å². The highest BCUT2D eigenvalue weighted by Crippen LogP contribution is 2.27. The van der Waals surface area contributed by atoms with Gasteiger partial charge in [-0.2, -0.15) is 0 Å². The van der Waals surface area contributed by atoms with Gasteiger partial charge in [0, 0.05) is 22.1 Å². The summed E-state index contributed by atoms with van der Waals surface area (Å²) in [7, 11) is 1.99. The zero-order valence-corrected chi connectivity index (χ0v) is 9.71. The summed E-state index contributed by atoms with van der Waals surface area (Å²) in [5, 5.41) is 3.33. The van der Waals surface area contributed by atoms with Crippen LogP contribution < -0.4 is 5.32 Å². The molecule has 0 fully saturated rings. The number of hydrogen-bond acceptors (Lipinski definition) is 3. The molecule has 0 bridgehead atoms. The molecule has 15 heavy (non-hydrogen) atoms. The Labute approximate surface area is 94.0 Å². The Bertz CT molecular complexity index is 422. The van der Waals surface area contributed by atoms with Gasteiger partial charge < -0.3 is 5.32 Å². The largest absolute Gasteiger partial charge is 0.309 e. The summed E-state index contributed by atoms with van der Waals surface area (Å²) in [4.78, 5) is 6.73. The van der Waals surface area contributed by atoms with E-state index in [0.717, 1.165) is 0 Å². The van der Waals surface area contributed by atoms with Crippen molar-refractivity contribution in [2.45, 2.75) is 13.0 Å². The smallest absolute Gasteiger partial charge is 0.0669 e. The van der Waals surface area contributed by atoms with E-state index in [2.05, 4.69) is 41.5 Å². The Kier molecular flexibility index (Phi) is 3.14. The van der Waals surface area contributed by atoms with Crippen LogP contribution in [0.3, 0.4) is 0 Å². The summed E-state index contributed by atoms with van der Waals surface area (Å²) in [6, 6.07) is 8.73. The van der Waals surface area contributed by atoms with E-state index in [0.29, 0.717) is 0 Å². The van der Waals surface area contributed by atoms with Crippen molar-refractivity contribution in [3.8, 4) is 0 Å². The molecule has 1 atom stereocenters. The molecule has 78 valence electrons. The maximum atomic E-state index is 4.04. The molecule has 0 saturated heterocycles. The first-order valence-corrected chi connectivity index (χ1v) is 5.76. The molecule has 2 nitrogen and oxygen atoms in total. The average Bonchev–Trinajstić information content (AvgIpc) is 2.68. The van der Waals surface area contributed by atoms with Crippen molar-refractivity contribution in [2.24, 2.45) is 0 Å². The normalized spacial score (nSPS) is 12.7. The van der Waals surface area contributed by atoms with Crippen molar-refractivity contribution in [3.63, 3.8) is 0 Å². The van der Waals surface area contributed by atoms with Gasteiger partial charge in [-0.1, -0.05) is 0 Å². The fourth-order valence-corrected chi connectivity index (χ4v) is 2.65. The van der Waals surface area contributed by atoms with Crippen LogP contribution in [-0.4, -0.2) is 12.0 Å². The second-order valence-electron chi connectivity index (χ2n) is 3.45. The van der Waals surface area contributed by atoms with E-state index in [4.69, 9.17) is 0 Å². The Morgan fingerprint density at radius 3 is 2.47 bits per heavy atom. The number of thiophene rings is 1. The predicted octanol–water partition coefficient (Wildman–Crippen LogP) is 2.76. The number of aryl methyl sites for hydroxylation is 1. The molecule has 2 aromatic heterocycles. The van der Waals surface area contributed by atoms with E-state index in [1.807, 2.05) is 30.8 Å². The maximum absolute atomic E-state index is 4.04. The molecule has 0 aliphatic heterocycles. The number of hydrogen-bond donors (Lipinski definition) is 1. The summed E-state index contributed by atoms with van der Waals surface area (Å²) in [6.45, 7) is 2.13. The Morgan fingerprint density at radius 2 is 1.93 bits per heavy atom. The van der Waals surface area contributed by atoms with Gasteiger partial charge in [0.15, 0.2) is 0 Å². The van der Waals surface area contributed by atoms with Crippen LogP contribution in [0.25, 0.3) is 0 Å². The SMILES string of the molecule is CNC(c1ccncc1)c1ccc(C)s1. The highest BCUT2D eigenvalue weighted by molar-refractivity contribution is 7.12. The zero-order valence-electron chi connectivity index (χ0n) is 8.90. The fourth-order valence-electron chi connectivity index (χ4n) is 1.64. The topological polar surface area (TPSA) is 24.9 Å². The van der Waals surface area contributed by atoms with Gasteiger partial charge in [0.25, 0.3) is 0 Å². The third kappa shape index (κ3) is 2.25. The average molecular weight is 218 g/mol. The number of nitrogens with one attached hydrogen (secondary N) is 1. The van der Waals surface area contributed by atoms with Crippen molar-refractivity contribution in [3.05, 3.63) is 52.0 Å². The molecule has 0 aromatic carbocycles. The molecular formula is C12H14N2S. The van der Waals surface area contributed by atoms with Crippen molar-refractivity contribution in [1.29, 1.82) is 0 Å². The van der Waals surface area contributed by atoms with Crippen molar-refractivity contribution in [1.82, 2.24) is 10.3 Å². The van der Waals surface area contributed by atoms with Crippen LogP contribution in [0.15, 0.2) is 36.7 Å². The highest BCUT2D eigenvalue weighted by atomic mass is 32.1. The highest BCUT2D eigenvalue weighted by Gasteiger charge is 2.12. The molecule has 2 rings (SSSR count).